The molecule has 3 nitrogen and oxygen atoms in total. The second-order valence-corrected chi connectivity index (χ2v) is 7.99. The molecule has 0 bridgehead atoms. The molecule has 4 heterocycles. The highest BCUT2D eigenvalue weighted by Gasteiger charge is 2.33. The van der Waals surface area contributed by atoms with Gasteiger partial charge in [-0.15, -0.1) is 0 Å². The molecule has 3 aliphatic heterocycles. The molecular formula is C21H28N2O. The van der Waals surface area contributed by atoms with Crippen LogP contribution in [0.25, 0.3) is 10.9 Å². The maximum Gasteiger partial charge on any atom is 0.0471 e. The van der Waals surface area contributed by atoms with Gasteiger partial charge in [-0.2, -0.15) is 0 Å². The Balaban J connectivity index is 1.45. The maximum absolute atomic E-state index is 5.54. The number of aromatic nitrogens is 1. The molecule has 2 atom stereocenters. The highest BCUT2D eigenvalue weighted by atomic mass is 16.5. The molecule has 0 radical (unpaired) electrons. The fraction of sp³-hybridized carbons (Fsp3) is 0.619. The van der Waals surface area contributed by atoms with Crippen LogP contribution in [0.3, 0.4) is 0 Å². The number of rotatable bonds is 2. The minimum atomic E-state index is 0.683. The second-order valence-electron chi connectivity index (χ2n) is 7.99. The Kier molecular flexibility index (Phi) is 3.87. The SMILES string of the molecule is c1cc2[nH]cc(C3CCN4CCCC4C3)c2cc1C1CCOCC1. The highest BCUT2D eigenvalue weighted by Crippen LogP contribution is 2.39. The first-order chi connectivity index (χ1) is 11.9. The Morgan fingerprint density at radius 3 is 2.83 bits per heavy atom. The van der Waals surface area contributed by atoms with Crippen LogP contribution in [0.2, 0.25) is 0 Å². The van der Waals surface area contributed by atoms with E-state index in [1.54, 1.807) is 5.56 Å². The van der Waals surface area contributed by atoms with Crippen LogP contribution in [0.1, 0.15) is 61.5 Å². The monoisotopic (exact) mass is 324 g/mol. The molecule has 1 aromatic heterocycles. The van der Waals surface area contributed by atoms with Gasteiger partial charge in [0.15, 0.2) is 0 Å². The minimum Gasteiger partial charge on any atom is -0.381 e. The van der Waals surface area contributed by atoms with Crippen molar-refractivity contribution in [1.82, 2.24) is 9.88 Å². The zero-order valence-electron chi connectivity index (χ0n) is 14.5. The quantitative estimate of drug-likeness (QED) is 0.886. The van der Waals surface area contributed by atoms with Crippen molar-refractivity contribution in [3.8, 4) is 0 Å². The summed E-state index contributed by atoms with van der Waals surface area (Å²) >= 11 is 0. The Labute approximate surface area is 144 Å². The van der Waals surface area contributed by atoms with E-state index in [1.807, 2.05) is 0 Å². The third kappa shape index (κ3) is 2.58. The summed E-state index contributed by atoms with van der Waals surface area (Å²) in [5.41, 5.74) is 4.41. The first kappa shape index (κ1) is 15.0. The molecule has 2 aromatic rings. The van der Waals surface area contributed by atoms with Crippen LogP contribution in [0.4, 0.5) is 0 Å². The van der Waals surface area contributed by atoms with E-state index in [-0.39, 0.29) is 0 Å². The van der Waals surface area contributed by atoms with Crippen molar-refractivity contribution < 1.29 is 4.74 Å². The zero-order chi connectivity index (χ0) is 15.9. The van der Waals surface area contributed by atoms with E-state index in [9.17, 15) is 0 Å². The lowest BCUT2D eigenvalue weighted by Crippen LogP contribution is -2.37. The lowest BCUT2D eigenvalue weighted by atomic mass is 9.84. The molecule has 24 heavy (non-hydrogen) atoms. The van der Waals surface area contributed by atoms with Crippen LogP contribution in [0, 0.1) is 0 Å². The highest BCUT2D eigenvalue weighted by molar-refractivity contribution is 5.84. The van der Waals surface area contributed by atoms with Gasteiger partial charge in [0.1, 0.15) is 0 Å². The van der Waals surface area contributed by atoms with Gasteiger partial charge in [0.25, 0.3) is 0 Å². The van der Waals surface area contributed by atoms with Crippen LogP contribution in [-0.2, 0) is 4.74 Å². The summed E-state index contributed by atoms with van der Waals surface area (Å²) in [5, 5.41) is 1.48. The molecule has 2 unspecified atom stereocenters. The van der Waals surface area contributed by atoms with Crippen molar-refractivity contribution in [1.29, 1.82) is 0 Å². The summed E-state index contributed by atoms with van der Waals surface area (Å²) in [6, 6.07) is 7.96. The van der Waals surface area contributed by atoms with Gasteiger partial charge in [-0.1, -0.05) is 6.07 Å². The molecule has 1 aromatic carbocycles. The number of hydrogen-bond donors (Lipinski definition) is 1. The van der Waals surface area contributed by atoms with Crippen LogP contribution < -0.4 is 0 Å². The average molecular weight is 324 g/mol. The summed E-state index contributed by atoms with van der Waals surface area (Å²) in [6.45, 7) is 4.46. The van der Waals surface area contributed by atoms with Crippen molar-refractivity contribution >= 4 is 10.9 Å². The topological polar surface area (TPSA) is 28.3 Å². The van der Waals surface area contributed by atoms with Crippen LogP contribution >= 0.6 is 0 Å². The lowest BCUT2D eigenvalue weighted by molar-refractivity contribution is 0.0853. The fourth-order valence-corrected chi connectivity index (χ4v) is 5.29. The van der Waals surface area contributed by atoms with Gasteiger partial charge in [0.05, 0.1) is 0 Å². The predicted molar refractivity (Wildman–Crippen MR) is 97.7 cm³/mol. The standard InChI is InChI=1S/C21H28N2O/c1-2-18-12-17(5-9-23(18)8-1)20-14-22-21-4-3-16(13-19(20)21)15-6-10-24-11-7-15/h3-4,13-15,17-18,22H,1-2,5-12H2. The van der Waals surface area contributed by atoms with E-state index in [0.717, 1.165) is 25.2 Å². The normalized spacial score (nSPS) is 29.2. The molecule has 3 heteroatoms. The van der Waals surface area contributed by atoms with Crippen molar-refractivity contribution in [2.24, 2.45) is 0 Å². The smallest absolute Gasteiger partial charge is 0.0471 e. The van der Waals surface area contributed by atoms with E-state index in [1.165, 1.54) is 68.1 Å². The molecule has 0 aliphatic carbocycles. The molecule has 1 N–H and O–H groups in total. The van der Waals surface area contributed by atoms with Crippen molar-refractivity contribution in [3.63, 3.8) is 0 Å². The Morgan fingerprint density at radius 2 is 1.92 bits per heavy atom. The van der Waals surface area contributed by atoms with Crippen LogP contribution in [0.15, 0.2) is 24.4 Å². The number of nitrogens with one attached hydrogen (secondary N) is 1. The molecule has 128 valence electrons. The minimum absolute atomic E-state index is 0.683. The molecule has 0 saturated carbocycles. The van der Waals surface area contributed by atoms with E-state index < -0.39 is 0 Å². The molecule has 3 aliphatic rings. The summed E-state index contributed by atoms with van der Waals surface area (Å²) in [6.07, 6.45) is 10.1. The van der Waals surface area contributed by atoms with Gasteiger partial charge in [0.2, 0.25) is 0 Å². The number of nitrogens with zero attached hydrogens (tertiary/aromatic N) is 1. The summed E-state index contributed by atoms with van der Waals surface area (Å²) < 4.78 is 5.54. The lowest BCUT2D eigenvalue weighted by Gasteiger charge is -2.34. The Hall–Kier alpha value is -1.32. The van der Waals surface area contributed by atoms with Gasteiger partial charge < -0.3 is 14.6 Å². The number of ether oxygens (including phenoxy) is 1. The fourth-order valence-electron chi connectivity index (χ4n) is 5.29. The summed E-state index contributed by atoms with van der Waals surface area (Å²) in [7, 11) is 0. The van der Waals surface area contributed by atoms with Crippen molar-refractivity contribution in [2.45, 2.75) is 56.4 Å². The first-order valence-corrected chi connectivity index (χ1v) is 9.81. The van der Waals surface area contributed by atoms with Gasteiger partial charge in [-0.25, -0.2) is 0 Å². The van der Waals surface area contributed by atoms with Gasteiger partial charge >= 0.3 is 0 Å². The molecule has 5 rings (SSSR count). The summed E-state index contributed by atoms with van der Waals surface area (Å²) in [5.74, 6) is 1.42. The number of piperidine rings is 1. The van der Waals surface area contributed by atoms with Crippen molar-refractivity contribution in [2.75, 3.05) is 26.3 Å². The van der Waals surface area contributed by atoms with E-state index in [0.29, 0.717) is 5.92 Å². The summed E-state index contributed by atoms with van der Waals surface area (Å²) in [4.78, 5) is 6.26. The molecular weight excluding hydrogens is 296 g/mol. The maximum atomic E-state index is 5.54. The van der Waals surface area contributed by atoms with Gasteiger partial charge in [-0.3, -0.25) is 0 Å². The number of hydrogen-bond acceptors (Lipinski definition) is 2. The van der Waals surface area contributed by atoms with Crippen LogP contribution in [0.5, 0.6) is 0 Å². The molecule has 0 amide bonds. The zero-order valence-corrected chi connectivity index (χ0v) is 14.5. The number of H-pyrrole nitrogens is 1. The molecule has 3 fully saturated rings. The van der Waals surface area contributed by atoms with E-state index in [2.05, 4.69) is 34.3 Å². The third-order valence-electron chi connectivity index (χ3n) is 6.69. The van der Waals surface area contributed by atoms with Crippen molar-refractivity contribution in [3.05, 3.63) is 35.5 Å². The van der Waals surface area contributed by atoms with E-state index in [4.69, 9.17) is 4.74 Å². The van der Waals surface area contributed by atoms with Crippen LogP contribution in [-0.4, -0.2) is 42.2 Å². The molecule has 0 spiro atoms. The number of fused-ring (bicyclic) bond motifs is 2. The largest absolute Gasteiger partial charge is 0.381 e. The Morgan fingerprint density at radius 1 is 1.00 bits per heavy atom. The predicted octanol–water partition coefficient (Wildman–Crippen LogP) is 4.40. The molecule has 3 saturated heterocycles. The first-order valence-electron chi connectivity index (χ1n) is 9.81. The Bertz CT molecular complexity index is 716. The second kappa shape index (κ2) is 6.20. The number of benzene rings is 1. The van der Waals surface area contributed by atoms with Gasteiger partial charge in [0, 0.05) is 36.4 Å². The van der Waals surface area contributed by atoms with E-state index >= 15 is 0 Å². The third-order valence-corrected chi connectivity index (χ3v) is 6.69. The average Bonchev–Trinajstić information content (AvgIpc) is 3.27. The number of aromatic amines is 1. The van der Waals surface area contributed by atoms with Gasteiger partial charge in [-0.05, 0) is 86.7 Å².